The molecule has 0 spiro atoms. The highest BCUT2D eigenvalue weighted by Gasteiger charge is 2.32. The van der Waals surface area contributed by atoms with Gasteiger partial charge in [-0.25, -0.2) is 43.1 Å². The van der Waals surface area contributed by atoms with Gasteiger partial charge in [0.25, 0.3) is 5.89 Å². The first-order chi connectivity index (χ1) is 49.4. The first kappa shape index (κ1) is 63.6. The van der Waals surface area contributed by atoms with Crippen LogP contribution in [0, 0.1) is 17.5 Å². The molecule has 0 radical (unpaired) electrons. The Labute approximate surface area is 571 Å². The number of aromatic nitrogens is 21. The van der Waals surface area contributed by atoms with Gasteiger partial charge in [0.05, 0.1) is 71.5 Å². The summed E-state index contributed by atoms with van der Waals surface area (Å²) in [5.74, 6) is -1.41. The van der Waals surface area contributed by atoms with Crippen LogP contribution in [0.15, 0.2) is 162 Å². The number of imidazole rings is 3. The zero-order chi connectivity index (χ0) is 69.9. The van der Waals surface area contributed by atoms with Gasteiger partial charge in [0.2, 0.25) is 5.89 Å². The maximum absolute atomic E-state index is 16.2. The summed E-state index contributed by atoms with van der Waals surface area (Å²) in [4.78, 5) is 39.0. The van der Waals surface area contributed by atoms with Crippen LogP contribution < -0.4 is 16.0 Å². The van der Waals surface area contributed by atoms with Crippen LogP contribution in [0.5, 0.6) is 0 Å². The average Bonchev–Trinajstić information content (AvgIpc) is 1.58. The quantitative estimate of drug-likeness (QED) is 0.0364. The smallest absolute Gasteiger partial charge is 0.403 e. The minimum absolute atomic E-state index is 0.0510. The van der Waals surface area contributed by atoms with E-state index in [-0.39, 0.29) is 67.6 Å². The molecule has 12 heterocycles. The van der Waals surface area contributed by atoms with Gasteiger partial charge in [-0.1, -0.05) is 64.3 Å². The highest BCUT2D eigenvalue weighted by Crippen LogP contribution is 2.37. The molecule has 0 saturated heterocycles. The van der Waals surface area contributed by atoms with Crippen molar-refractivity contribution in [1.29, 1.82) is 0 Å². The Morgan fingerprint density at radius 1 is 0.510 bits per heavy atom. The molecule has 16 rings (SSSR count). The number of fused-ring (bicyclic) bond motifs is 3. The zero-order valence-electron chi connectivity index (χ0n) is 52.3. The van der Waals surface area contributed by atoms with Gasteiger partial charge in [0.1, 0.15) is 57.3 Å². The Morgan fingerprint density at radius 3 is 1.58 bits per heavy atom. The molecule has 26 nitrogen and oxygen atoms in total. The monoisotopic (exact) mass is 1400 g/mol. The lowest BCUT2D eigenvalue weighted by atomic mass is 10.0. The van der Waals surface area contributed by atoms with Crippen LogP contribution in [0.4, 0.5) is 53.0 Å². The Kier molecular flexibility index (Phi) is 16.2. The number of nitrogens with zero attached hydrogens (tertiary/aromatic N) is 18. The van der Waals surface area contributed by atoms with Gasteiger partial charge in [-0.3, -0.25) is 14.0 Å². The summed E-state index contributed by atoms with van der Waals surface area (Å²) >= 11 is 6.13. The van der Waals surface area contributed by atoms with Crippen molar-refractivity contribution in [2.45, 2.75) is 45.3 Å². The second-order valence-corrected chi connectivity index (χ2v) is 23.7. The third-order valence-electron chi connectivity index (χ3n) is 16.4. The highest BCUT2D eigenvalue weighted by molar-refractivity contribution is 6.30. The van der Waals surface area contributed by atoms with E-state index in [1.807, 2.05) is 0 Å². The largest absolute Gasteiger partial charge is 0.418 e. The fraction of sp³-hybridized carbons (Fsp3) is 0.119. The number of rotatable bonds is 21. The standard InChI is InChI=1S/C67H45ClF8N24O2/c1-98-27-39(23-82-98)57-88-54-47(33-6-9-36(50(70)15-33)20-78-52-17-42(26-81-93-52)67(74,75)76)18-44(85-61(54)91-57)31-100-29-41(25-84-100)59-89-55-48(34-7-10-38(51(71)16-34)22-80-66-97-95-64(102-66)56(72)73)19-45(86-62(55)92-59)30-99-28-40(24-83-99)58-87-53-46(11-12-77-60(53)90-58)32-5-8-37(49(69)14-32)21-79-65-96-94-63(101-65)35-3-2-4-43(68)13-35/h2-19,23-29,56H,20-22,30-31H2,1H3,(H,78,93)(H,79,96)(H,80,97)(H,77,87,90)(H,85,88,91)(H,86,89,92). The van der Waals surface area contributed by atoms with E-state index in [1.165, 1.54) is 30.3 Å². The van der Waals surface area contributed by atoms with Gasteiger partial charge >= 0.3 is 24.6 Å². The van der Waals surface area contributed by atoms with E-state index < -0.39 is 41.5 Å². The molecule has 0 atom stereocenters. The number of hydrogen-bond acceptors (Lipinski definition) is 20. The third-order valence-corrected chi connectivity index (χ3v) is 16.6. The fourth-order valence-electron chi connectivity index (χ4n) is 11.4. The fourth-order valence-corrected chi connectivity index (χ4v) is 11.6. The van der Waals surface area contributed by atoms with Crippen molar-refractivity contribution in [3.05, 3.63) is 215 Å². The molecule has 0 unspecified atom stereocenters. The second kappa shape index (κ2) is 25.9. The number of anilines is 3. The lowest BCUT2D eigenvalue weighted by molar-refractivity contribution is -0.137. The van der Waals surface area contributed by atoms with Crippen molar-refractivity contribution in [2.24, 2.45) is 7.05 Å². The molecule has 16 aromatic rings. The Morgan fingerprint density at radius 2 is 1.04 bits per heavy atom. The van der Waals surface area contributed by atoms with E-state index in [4.69, 9.17) is 45.4 Å². The molecular weight excluding hydrogens is 1360 g/mol. The van der Waals surface area contributed by atoms with E-state index in [9.17, 15) is 22.0 Å². The van der Waals surface area contributed by atoms with E-state index >= 15 is 13.2 Å². The summed E-state index contributed by atoms with van der Waals surface area (Å²) in [6.07, 6.45) is 4.64. The molecule has 102 heavy (non-hydrogen) atoms. The number of benzene rings is 4. The predicted octanol–water partition coefficient (Wildman–Crippen LogP) is 13.8. The summed E-state index contributed by atoms with van der Waals surface area (Å²) in [5, 5.41) is 44.6. The molecule has 0 aliphatic carbocycles. The lowest BCUT2D eigenvalue weighted by Crippen LogP contribution is -2.09. The Hall–Kier alpha value is -13.1. The van der Waals surface area contributed by atoms with Crippen molar-refractivity contribution in [2.75, 3.05) is 16.0 Å². The molecule has 6 N–H and O–H groups in total. The molecule has 0 aliphatic rings. The van der Waals surface area contributed by atoms with E-state index in [0.29, 0.717) is 135 Å². The maximum atomic E-state index is 16.2. The maximum Gasteiger partial charge on any atom is 0.418 e. The normalized spacial score (nSPS) is 11.9. The third kappa shape index (κ3) is 13.0. The number of aromatic amines is 3. The second-order valence-electron chi connectivity index (χ2n) is 23.3. The van der Waals surface area contributed by atoms with Gasteiger partial charge in [-0.2, -0.15) is 42.3 Å². The summed E-state index contributed by atoms with van der Waals surface area (Å²) in [5.41, 5.74) is 8.34. The van der Waals surface area contributed by atoms with Crippen LogP contribution in [0.3, 0.4) is 0 Å². The van der Waals surface area contributed by atoms with Crippen LogP contribution in [0.25, 0.3) is 112 Å². The lowest BCUT2D eigenvalue weighted by Gasteiger charge is -2.11. The number of pyridine rings is 3. The molecule has 0 saturated carbocycles. The van der Waals surface area contributed by atoms with Crippen molar-refractivity contribution < 1.29 is 44.0 Å². The van der Waals surface area contributed by atoms with Crippen LogP contribution in [-0.4, -0.2) is 105 Å². The summed E-state index contributed by atoms with van der Waals surface area (Å²) in [6, 6.07) is 26.6. The molecule has 4 aromatic carbocycles. The van der Waals surface area contributed by atoms with Crippen LogP contribution in [0.2, 0.25) is 5.02 Å². The van der Waals surface area contributed by atoms with Crippen molar-refractivity contribution in [3.8, 4) is 79.0 Å². The first-order valence-electron chi connectivity index (χ1n) is 30.8. The minimum Gasteiger partial charge on any atom is -0.403 e. The summed E-state index contributed by atoms with van der Waals surface area (Å²) in [6.45, 7) is -0.156. The molecule has 35 heteroatoms. The number of halogens is 9. The van der Waals surface area contributed by atoms with Crippen molar-refractivity contribution in [3.63, 3.8) is 0 Å². The van der Waals surface area contributed by atoms with E-state index in [0.717, 1.165) is 6.07 Å². The Bertz CT molecular complexity index is 5850. The topological polar surface area (TPSA) is 318 Å². The van der Waals surface area contributed by atoms with Crippen LogP contribution in [-0.2, 0) is 45.9 Å². The zero-order valence-corrected chi connectivity index (χ0v) is 53.1. The number of hydrogen-bond donors (Lipinski definition) is 6. The minimum atomic E-state index is -4.65. The number of nitrogens with one attached hydrogen (secondary N) is 6. The van der Waals surface area contributed by atoms with Crippen molar-refractivity contribution in [1.82, 2.24) is 105 Å². The molecule has 508 valence electrons. The highest BCUT2D eigenvalue weighted by atomic mass is 35.5. The van der Waals surface area contributed by atoms with Crippen LogP contribution in [0.1, 0.15) is 46.0 Å². The summed E-state index contributed by atoms with van der Waals surface area (Å²) in [7, 11) is 1.76. The van der Waals surface area contributed by atoms with Gasteiger partial charge in [-0.05, 0) is 77.4 Å². The molecule has 12 aromatic heterocycles. The number of aryl methyl sites for hydroxylation is 1. The number of H-pyrrole nitrogens is 3. The predicted molar refractivity (Wildman–Crippen MR) is 354 cm³/mol. The average molecular weight is 1410 g/mol. The molecule has 0 aliphatic heterocycles. The summed E-state index contributed by atoms with van der Waals surface area (Å²) < 4.78 is 130. The number of alkyl halides is 5. The van der Waals surface area contributed by atoms with Gasteiger partial charge in [-0.15, -0.1) is 15.3 Å². The van der Waals surface area contributed by atoms with E-state index in [1.54, 1.807) is 131 Å². The molecule has 0 amide bonds. The molecule has 0 fully saturated rings. The van der Waals surface area contributed by atoms with Gasteiger partial charge < -0.3 is 39.7 Å². The van der Waals surface area contributed by atoms with Gasteiger partial charge in [0.15, 0.2) is 16.9 Å². The Balaban J connectivity index is 0.674. The van der Waals surface area contributed by atoms with Crippen molar-refractivity contribution >= 4 is 62.9 Å². The van der Waals surface area contributed by atoms with Crippen LogP contribution >= 0.6 is 11.6 Å². The van der Waals surface area contributed by atoms with E-state index in [2.05, 4.69) is 81.8 Å². The SMILES string of the molecule is Cn1cc(-c2nc3c(-c4ccc(CNc5cc(C(F)(F)F)cnn5)c(F)c4)cc(Cn4cc(-c5nc6c(-c7ccc(CNc8nnc(C(F)F)o8)c(F)c7)cc(Cn7cc(-c8nc9c(-c%10ccc(CNc%11nnc(-c%12cccc(Cl)c%12)o%11)c(F)c%10)ccnc9[nH]8)cn7)nc6[nH]5)cn4)nc3[nH]2)cn1. The molecular formula is C67H45ClF8N24O2. The van der Waals surface area contributed by atoms with Gasteiger partial charge in [0, 0.05) is 95.4 Å². The molecule has 0 bridgehead atoms. The first-order valence-corrected chi connectivity index (χ1v) is 31.2.